The smallest absolute Gasteiger partial charge is 0.258 e. The van der Waals surface area contributed by atoms with E-state index in [-0.39, 0.29) is 21.1 Å². The minimum Gasteiger partial charge on any atom is -0.318 e. The van der Waals surface area contributed by atoms with Crippen molar-refractivity contribution in [3.8, 4) is 0 Å². The standard InChI is InChI=1S/C19H18BrF3N2O3S/c1-11-4-2-3-7-25(11)29(27,28)13-5-6-16(22)14(10-13)19(26)24-18-15(20)8-12(21)9-17(18)23/h5-6,8-11H,2-4,7H2,1H3,(H,24,26)/t11-/m1/s1. The van der Waals surface area contributed by atoms with E-state index in [1.54, 1.807) is 6.92 Å². The van der Waals surface area contributed by atoms with Crippen molar-refractivity contribution < 1.29 is 26.4 Å². The molecule has 3 rings (SSSR count). The van der Waals surface area contributed by atoms with Crippen LogP contribution >= 0.6 is 15.9 Å². The average Bonchev–Trinajstić information content (AvgIpc) is 2.64. The minimum atomic E-state index is -3.93. The molecule has 1 amide bonds. The highest BCUT2D eigenvalue weighted by Crippen LogP contribution is 2.29. The molecule has 29 heavy (non-hydrogen) atoms. The first-order valence-corrected chi connectivity index (χ1v) is 11.1. The largest absolute Gasteiger partial charge is 0.318 e. The Morgan fingerprint density at radius 3 is 2.52 bits per heavy atom. The molecule has 0 unspecified atom stereocenters. The quantitative estimate of drug-likeness (QED) is 0.676. The van der Waals surface area contributed by atoms with Crippen molar-refractivity contribution in [2.45, 2.75) is 37.1 Å². The lowest BCUT2D eigenvalue weighted by Crippen LogP contribution is -2.42. The molecule has 2 aromatic rings. The van der Waals surface area contributed by atoms with Crippen LogP contribution in [0.1, 0.15) is 36.5 Å². The van der Waals surface area contributed by atoms with Crippen LogP contribution in [0, 0.1) is 17.5 Å². The van der Waals surface area contributed by atoms with Gasteiger partial charge in [-0.05, 0) is 60.0 Å². The summed E-state index contributed by atoms with van der Waals surface area (Å²) in [7, 11) is -3.93. The summed E-state index contributed by atoms with van der Waals surface area (Å²) in [4.78, 5) is 12.3. The molecular formula is C19H18BrF3N2O3S. The lowest BCUT2D eigenvalue weighted by molar-refractivity contribution is 0.102. The van der Waals surface area contributed by atoms with E-state index >= 15 is 0 Å². The van der Waals surface area contributed by atoms with Gasteiger partial charge in [-0.1, -0.05) is 6.42 Å². The summed E-state index contributed by atoms with van der Waals surface area (Å²) >= 11 is 2.93. The van der Waals surface area contributed by atoms with Crippen LogP contribution in [0.15, 0.2) is 39.7 Å². The molecule has 1 atom stereocenters. The maximum Gasteiger partial charge on any atom is 0.258 e. The number of halogens is 4. The van der Waals surface area contributed by atoms with Crippen molar-refractivity contribution >= 4 is 37.5 Å². The van der Waals surface area contributed by atoms with Gasteiger partial charge in [-0.15, -0.1) is 0 Å². The Morgan fingerprint density at radius 1 is 1.14 bits per heavy atom. The first-order chi connectivity index (χ1) is 13.6. The monoisotopic (exact) mass is 490 g/mol. The third-order valence-corrected chi connectivity index (χ3v) is 7.41. The molecular weight excluding hydrogens is 473 g/mol. The summed E-state index contributed by atoms with van der Waals surface area (Å²) in [6.45, 7) is 2.14. The third kappa shape index (κ3) is 4.49. The molecule has 1 N–H and O–H groups in total. The number of piperidine rings is 1. The van der Waals surface area contributed by atoms with Gasteiger partial charge in [0.25, 0.3) is 5.91 Å². The Kier molecular flexibility index (Phi) is 6.35. The van der Waals surface area contributed by atoms with Crippen molar-refractivity contribution in [1.29, 1.82) is 0 Å². The predicted octanol–water partition coefficient (Wildman–Crippen LogP) is 4.68. The molecule has 1 aliphatic heterocycles. The summed E-state index contributed by atoms with van der Waals surface area (Å²) in [5.74, 6) is -3.94. The van der Waals surface area contributed by atoms with Gasteiger partial charge in [0, 0.05) is 23.1 Å². The highest BCUT2D eigenvalue weighted by Gasteiger charge is 2.32. The molecule has 0 bridgehead atoms. The van der Waals surface area contributed by atoms with Crippen LogP contribution in [0.3, 0.4) is 0 Å². The molecule has 0 radical (unpaired) electrons. The number of anilines is 1. The molecule has 0 aliphatic carbocycles. The molecule has 1 saturated heterocycles. The van der Waals surface area contributed by atoms with Crippen molar-refractivity contribution in [2.75, 3.05) is 11.9 Å². The number of rotatable bonds is 4. The number of benzene rings is 2. The Morgan fingerprint density at radius 2 is 1.86 bits per heavy atom. The SMILES string of the molecule is C[C@@H]1CCCCN1S(=O)(=O)c1ccc(F)c(C(=O)Nc2c(F)cc(F)cc2Br)c1. The molecule has 156 valence electrons. The summed E-state index contributed by atoms with van der Waals surface area (Å²) in [5, 5.41) is 2.15. The van der Waals surface area contributed by atoms with Gasteiger partial charge in [0.2, 0.25) is 10.0 Å². The van der Waals surface area contributed by atoms with Gasteiger partial charge in [-0.3, -0.25) is 4.79 Å². The number of amides is 1. The number of hydrogen-bond acceptors (Lipinski definition) is 3. The van der Waals surface area contributed by atoms with Crippen molar-refractivity contribution in [2.24, 2.45) is 0 Å². The number of carbonyl (C=O) groups excluding carboxylic acids is 1. The van der Waals surface area contributed by atoms with E-state index in [1.165, 1.54) is 4.31 Å². The second kappa shape index (κ2) is 8.45. The van der Waals surface area contributed by atoms with Gasteiger partial charge in [-0.25, -0.2) is 21.6 Å². The fraction of sp³-hybridized carbons (Fsp3) is 0.316. The van der Waals surface area contributed by atoms with Crippen LogP contribution in [0.4, 0.5) is 18.9 Å². The lowest BCUT2D eigenvalue weighted by atomic mass is 10.1. The van der Waals surface area contributed by atoms with Crippen molar-refractivity contribution in [3.63, 3.8) is 0 Å². The number of nitrogens with one attached hydrogen (secondary N) is 1. The molecule has 1 aliphatic rings. The molecule has 0 aromatic heterocycles. The van der Waals surface area contributed by atoms with Gasteiger partial charge < -0.3 is 5.32 Å². The van der Waals surface area contributed by atoms with Crippen LogP contribution in [0.5, 0.6) is 0 Å². The molecule has 1 heterocycles. The van der Waals surface area contributed by atoms with Gasteiger partial charge in [0.05, 0.1) is 16.1 Å². The van der Waals surface area contributed by atoms with Crippen molar-refractivity contribution in [3.05, 3.63) is 57.8 Å². The fourth-order valence-corrected chi connectivity index (χ4v) is 5.48. The molecule has 1 fully saturated rings. The van der Waals surface area contributed by atoms with Gasteiger partial charge in [0.15, 0.2) is 5.82 Å². The summed E-state index contributed by atoms with van der Waals surface area (Å²) < 4.78 is 68.6. The molecule has 2 aromatic carbocycles. The van der Waals surface area contributed by atoms with Crippen LogP contribution < -0.4 is 5.32 Å². The lowest BCUT2D eigenvalue weighted by Gasteiger charge is -2.32. The predicted molar refractivity (Wildman–Crippen MR) is 106 cm³/mol. The van der Waals surface area contributed by atoms with E-state index in [0.717, 1.165) is 37.1 Å². The zero-order valence-electron chi connectivity index (χ0n) is 15.4. The first kappa shape index (κ1) is 21.8. The van der Waals surface area contributed by atoms with Gasteiger partial charge >= 0.3 is 0 Å². The van der Waals surface area contributed by atoms with E-state index in [4.69, 9.17) is 0 Å². The molecule has 0 spiro atoms. The zero-order chi connectivity index (χ0) is 21.3. The molecule has 0 saturated carbocycles. The maximum absolute atomic E-state index is 14.3. The first-order valence-electron chi connectivity index (χ1n) is 8.88. The van der Waals surface area contributed by atoms with Gasteiger partial charge in [-0.2, -0.15) is 4.31 Å². The van der Waals surface area contributed by atoms with Gasteiger partial charge in [0.1, 0.15) is 11.6 Å². The normalized spacial score (nSPS) is 17.9. The highest BCUT2D eigenvalue weighted by atomic mass is 79.9. The summed E-state index contributed by atoms with van der Waals surface area (Å²) in [6, 6.07) is 4.20. The highest BCUT2D eigenvalue weighted by molar-refractivity contribution is 9.10. The second-order valence-corrected chi connectivity index (χ2v) is 9.55. The average molecular weight is 491 g/mol. The molecule has 10 heteroatoms. The summed E-state index contributed by atoms with van der Waals surface area (Å²) in [6.07, 6.45) is 2.35. The Hall–Kier alpha value is -1.91. The second-order valence-electron chi connectivity index (χ2n) is 6.80. The topological polar surface area (TPSA) is 66.5 Å². The molecule has 5 nitrogen and oxygen atoms in total. The fourth-order valence-electron chi connectivity index (χ4n) is 3.25. The zero-order valence-corrected chi connectivity index (χ0v) is 17.8. The maximum atomic E-state index is 14.3. The number of sulfonamides is 1. The number of nitrogens with zero attached hydrogens (tertiary/aromatic N) is 1. The van der Waals surface area contributed by atoms with Crippen LogP contribution in [0.25, 0.3) is 0 Å². The van der Waals surface area contributed by atoms with Crippen LogP contribution in [0.2, 0.25) is 0 Å². The van der Waals surface area contributed by atoms with Crippen LogP contribution in [-0.2, 0) is 10.0 Å². The third-order valence-electron chi connectivity index (χ3n) is 4.78. The van der Waals surface area contributed by atoms with E-state index < -0.39 is 38.9 Å². The summed E-state index contributed by atoms with van der Waals surface area (Å²) in [5.41, 5.74) is -0.944. The van der Waals surface area contributed by atoms with E-state index in [2.05, 4.69) is 21.2 Å². The number of hydrogen-bond donors (Lipinski definition) is 1. The Bertz CT molecular complexity index is 1040. The van der Waals surface area contributed by atoms with E-state index in [0.29, 0.717) is 19.0 Å². The van der Waals surface area contributed by atoms with Crippen molar-refractivity contribution in [1.82, 2.24) is 4.31 Å². The minimum absolute atomic E-state index is 0.0744. The van der Waals surface area contributed by atoms with E-state index in [1.807, 2.05) is 0 Å². The van der Waals surface area contributed by atoms with E-state index in [9.17, 15) is 26.4 Å². The Labute approximate surface area is 175 Å². The Balaban J connectivity index is 1.94. The number of carbonyl (C=O) groups is 1. The van der Waals surface area contributed by atoms with Crippen LogP contribution in [-0.4, -0.2) is 31.2 Å².